The molecule has 1 unspecified atom stereocenters. The highest BCUT2D eigenvalue weighted by atomic mass is 32.2. The van der Waals surface area contributed by atoms with Gasteiger partial charge in [0.2, 0.25) is 5.91 Å². The Hall–Kier alpha value is -1.18. The number of thiol groups is 1. The topological polar surface area (TPSA) is 52.7 Å². The first-order valence-electron chi connectivity index (χ1n) is 7.77. The van der Waals surface area contributed by atoms with Crippen molar-refractivity contribution in [3.8, 4) is 0 Å². The number of likely N-dealkylation sites (N-methyl/N-ethyl adjacent to an activating group) is 1. The normalized spacial score (nSPS) is 14.8. The van der Waals surface area contributed by atoms with Crippen molar-refractivity contribution in [2.45, 2.75) is 24.5 Å². The SMILES string of the molecule is C[C@H](CS)C(=O)NC(C)(SCc1ccccc1)C(=O)N(C)N(C)C. The van der Waals surface area contributed by atoms with Crippen LogP contribution < -0.4 is 5.32 Å². The van der Waals surface area contributed by atoms with Crippen LogP contribution >= 0.6 is 24.4 Å². The van der Waals surface area contributed by atoms with Gasteiger partial charge in [-0.3, -0.25) is 14.6 Å². The van der Waals surface area contributed by atoms with Gasteiger partial charge in [-0.05, 0) is 12.5 Å². The molecule has 134 valence electrons. The van der Waals surface area contributed by atoms with Crippen molar-refractivity contribution in [1.29, 1.82) is 0 Å². The van der Waals surface area contributed by atoms with E-state index in [1.165, 1.54) is 16.8 Å². The van der Waals surface area contributed by atoms with E-state index < -0.39 is 4.87 Å². The maximum atomic E-state index is 12.9. The summed E-state index contributed by atoms with van der Waals surface area (Å²) in [5.41, 5.74) is 1.10. The summed E-state index contributed by atoms with van der Waals surface area (Å²) in [5.74, 6) is 0.451. The summed E-state index contributed by atoms with van der Waals surface area (Å²) in [6.07, 6.45) is 0. The molecule has 0 radical (unpaired) electrons. The molecular weight excluding hydrogens is 342 g/mol. The molecule has 0 aliphatic carbocycles. The fraction of sp³-hybridized carbons (Fsp3) is 0.529. The van der Waals surface area contributed by atoms with Gasteiger partial charge in [0.25, 0.3) is 5.91 Å². The number of benzene rings is 1. The molecule has 0 aliphatic heterocycles. The van der Waals surface area contributed by atoms with Crippen LogP contribution in [0.25, 0.3) is 0 Å². The van der Waals surface area contributed by atoms with Gasteiger partial charge >= 0.3 is 0 Å². The van der Waals surface area contributed by atoms with E-state index in [0.717, 1.165) is 5.56 Å². The largest absolute Gasteiger partial charge is 0.333 e. The minimum Gasteiger partial charge on any atom is -0.333 e. The number of hydrogen-bond donors (Lipinski definition) is 2. The molecule has 0 fully saturated rings. The van der Waals surface area contributed by atoms with Gasteiger partial charge in [-0.1, -0.05) is 37.3 Å². The Morgan fingerprint density at radius 3 is 2.33 bits per heavy atom. The third-order valence-corrected chi connectivity index (χ3v) is 5.63. The van der Waals surface area contributed by atoms with Gasteiger partial charge in [0.05, 0.1) is 0 Å². The van der Waals surface area contributed by atoms with E-state index in [9.17, 15) is 9.59 Å². The Labute approximate surface area is 154 Å². The summed E-state index contributed by atoms with van der Waals surface area (Å²) in [6.45, 7) is 3.55. The molecule has 0 heterocycles. The second-order valence-corrected chi connectivity index (χ2v) is 7.82. The summed E-state index contributed by atoms with van der Waals surface area (Å²) in [4.78, 5) is 24.2. The molecule has 0 aromatic heterocycles. The molecule has 7 heteroatoms. The number of hydrogen-bond acceptors (Lipinski definition) is 5. The quantitative estimate of drug-likeness (QED) is 0.419. The zero-order valence-electron chi connectivity index (χ0n) is 14.9. The van der Waals surface area contributed by atoms with Crippen LogP contribution in [0.5, 0.6) is 0 Å². The molecule has 1 N–H and O–H groups in total. The Morgan fingerprint density at radius 2 is 1.83 bits per heavy atom. The average Bonchev–Trinajstić information content (AvgIpc) is 2.58. The van der Waals surface area contributed by atoms with Crippen molar-refractivity contribution in [3.63, 3.8) is 0 Å². The first kappa shape index (κ1) is 20.9. The van der Waals surface area contributed by atoms with E-state index in [0.29, 0.717) is 11.5 Å². The van der Waals surface area contributed by atoms with Crippen LogP contribution in [-0.4, -0.2) is 53.6 Å². The zero-order chi connectivity index (χ0) is 18.3. The number of rotatable bonds is 8. The third kappa shape index (κ3) is 5.72. The van der Waals surface area contributed by atoms with Crippen molar-refractivity contribution in [3.05, 3.63) is 35.9 Å². The fourth-order valence-electron chi connectivity index (χ4n) is 1.88. The number of carbonyl (C=O) groups is 2. The molecule has 5 nitrogen and oxygen atoms in total. The van der Waals surface area contributed by atoms with Crippen molar-refractivity contribution in [2.24, 2.45) is 5.92 Å². The van der Waals surface area contributed by atoms with E-state index in [1.54, 1.807) is 40.0 Å². The average molecular weight is 370 g/mol. The lowest BCUT2D eigenvalue weighted by Crippen LogP contribution is -2.58. The summed E-state index contributed by atoms with van der Waals surface area (Å²) in [7, 11) is 5.27. The minimum absolute atomic E-state index is 0.173. The molecule has 0 aliphatic rings. The van der Waals surface area contributed by atoms with Crippen molar-refractivity contribution >= 4 is 36.2 Å². The molecule has 2 atom stereocenters. The number of nitrogens with one attached hydrogen (secondary N) is 1. The Morgan fingerprint density at radius 1 is 1.25 bits per heavy atom. The number of amides is 2. The fourth-order valence-corrected chi connectivity index (χ4v) is 3.13. The van der Waals surface area contributed by atoms with E-state index >= 15 is 0 Å². The predicted octanol–water partition coefficient (Wildman–Crippen LogP) is 2.25. The van der Waals surface area contributed by atoms with Crippen LogP contribution in [0.1, 0.15) is 19.4 Å². The van der Waals surface area contributed by atoms with Crippen LogP contribution in [0.3, 0.4) is 0 Å². The number of carbonyl (C=O) groups excluding carboxylic acids is 2. The first-order valence-corrected chi connectivity index (χ1v) is 9.39. The highest BCUT2D eigenvalue weighted by molar-refractivity contribution is 8.00. The third-order valence-electron chi connectivity index (χ3n) is 3.76. The molecule has 1 aromatic carbocycles. The van der Waals surface area contributed by atoms with Gasteiger partial charge in [-0.2, -0.15) is 12.6 Å². The Kier molecular flexibility index (Phi) is 8.12. The monoisotopic (exact) mass is 369 g/mol. The Bertz CT molecular complexity index is 554. The van der Waals surface area contributed by atoms with Gasteiger partial charge in [0.15, 0.2) is 4.87 Å². The molecule has 0 bridgehead atoms. The second kappa shape index (κ2) is 9.34. The lowest BCUT2D eigenvalue weighted by Gasteiger charge is -2.36. The van der Waals surface area contributed by atoms with Crippen LogP contribution in [0.4, 0.5) is 0 Å². The molecule has 1 aromatic rings. The molecular formula is C17H27N3O2S2. The number of nitrogens with zero attached hydrogens (tertiary/aromatic N) is 2. The van der Waals surface area contributed by atoms with Gasteiger partial charge in [-0.25, -0.2) is 5.01 Å². The van der Waals surface area contributed by atoms with Crippen LogP contribution in [0.2, 0.25) is 0 Å². The maximum Gasteiger partial charge on any atom is 0.272 e. The van der Waals surface area contributed by atoms with Gasteiger partial charge in [-0.15, -0.1) is 11.8 Å². The lowest BCUT2D eigenvalue weighted by atomic mass is 10.2. The molecule has 0 saturated carbocycles. The zero-order valence-corrected chi connectivity index (χ0v) is 16.7. The molecule has 0 spiro atoms. The van der Waals surface area contributed by atoms with Crippen molar-refractivity contribution in [1.82, 2.24) is 15.3 Å². The van der Waals surface area contributed by atoms with E-state index in [2.05, 4.69) is 17.9 Å². The predicted molar refractivity (Wildman–Crippen MR) is 104 cm³/mol. The highest BCUT2D eigenvalue weighted by Gasteiger charge is 2.39. The lowest BCUT2D eigenvalue weighted by molar-refractivity contribution is -0.147. The van der Waals surface area contributed by atoms with Gasteiger partial charge < -0.3 is 5.32 Å². The van der Waals surface area contributed by atoms with Crippen molar-refractivity contribution in [2.75, 3.05) is 26.9 Å². The van der Waals surface area contributed by atoms with Crippen LogP contribution in [-0.2, 0) is 15.3 Å². The molecule has 2 amide bonds. The summed E-state index contributed by atoms with van der Waals surface area (Å²) >= 11 is 5.58. The van der Waals surface area contributed by atoms with E-state index in [4.69, 9.17) is 0 Å². The first-order chi connectivity index (χ1) is 11.2. The second-order valence-electron chi connectivity index (χ2n) is 6.06. The highest BCUT2D eigenvalue weighted by Crippen LogP contribution is 2.29. The Balaban J connectivity index is 2.96. The molecule has 0 saturated heterocycles. The van der Waals surface area contributed by atoms with Gasteiger partial charge in [0, 0.05) is 38.6 Å². The maximum absolute atomic E-state index is 12.9. The summed E-state index contributed by atoms with van der Waals surface area (Å²) in [5, 5.41) is 6.10. The molecule has 24 heavy (non-hydrogen) atoms. The van der Waals surface area contributed by atoms with Gasteiger partial charge in [0.1, 0.15) is 0 Å². The van der Waals surface area contributed by atoms with Crippen molar-refractivity contribution < 1.29 is 9.59 Å². The summed E-state index contributed by atoms with van der Waals surface area (Å²) in [6, 6.07) is 9.89. The molecule has 1 rings (SSSR count). The minimum atomic E-state index is -1.05. The van der Waals surface area contributed by atoms with E-state index in [1.807, 2.05) is 30.3 Å². The number of thioether (sulfide) groups is 1. The van der Waals surface area contributed by atoms with E-state index in [-0.39, 0.29) is 17.7 Å². The van der Waals surface area contributed by atoms with Crippen LogP contribution in [0.15, 0.2) is 30.3 Å². The smallest absolute Gasteiger partial charge is 0.272 e. The number of hydrazine groups is 1. The summed E-state index contributed by atoms with van der Waals surface area (Å²) < 4.78 is 0. The van der Waals surface area contributed by atoms with Crippen LogP contribution in [0, 0.1) is 5.92 Å². The standard InChI is InChI=1S/C17H27N3O2S2/c1-13(11-23)15(21)18-17(2,16(22)20(5)19(3)4)24-12-14-9-7-6-8-10-14/h6-10,13,23H,11-12H2,1-5H3,(H,18,21)/t13-,17?/m1/s1.